The first-order valence-electron chi connectivity index (χ1n) is 7.55. The Morgan fingerprint density at radius 3 is 2.70 bits per heavy atom. The van der Waals surface area contributed by atoms with Crippen molar-refractivity contribution < 1.29 is 14.3 Å². The number of carbonyl (C=O) groups excluding carboxylic acids is 1. The van der Waals surface area contributed by atoms with Gasteiger partial charge in [0.25, 0.3) is 0 Å². The second-order valence-corrected chi connectivity index (χ2v) is 5.94. The van der Waals surface area contributed by atoms with Gasteiger partial charge in [-0.3, -0.25) is 4.79 Å². The average Bonchev–Trinajstić information content (AvgIpc) is 2.45. The van der Waals surface area contributed by atoms with Gasteiger partial charge in [0, 0.05) is 20.2 Å². The van der Waals surface area contributed by atoms with Crippen molar-refractivity contribution in [1.82, 2.24) is 10.2 Å². The van der Waals surface area contributed by atoms with E-state index in [1.807, 2.05) is 13.8 Å². The molecule has 0 radical (unpaired) electrons. The maximum Gasteiger partial charge on any atom is 0.325 e. The zero-order valence-electron chi connectivity index (χ0n) is 13.6. The fourth-order valence-corrected chi connectivity index (χ4v) is 2.87. The first kappa shape index (κ1) is 17.4. The van der Waals surface area contributed by atoms with Crippen LogP contribution in [0.25, 0.3) is 0 Å². The van der Waals surface area contributed by atoms with E-state index in [-0.39, 0.29) is 5.97 Å². The number of hydrogen-bond donors (Lipinski definition) is 1. The van der Waals surface area contributed by atoms with Gasteiger partial charge in [-0.15, -0.1) is 0 Å². The number of nitrogens with zero attached hydrogens (tertiary/aromatic N) is 1. The molecule has 0 aromatic carbocycles. The van der Waals surface area contributed by atoms with Crippen LogP contribution < -0.4 is 5.32 Å². The van der Waals surface area contributed by atoms with Gasteiger partial charge in [0.05, 0.1) is 13.2 Å². The number of piperidine rings is 1. The second-order valence-electron chi connectivity index (χ2n) is 5.94. The van der Waals surface area contributed by atoms with Gasteiger partial charge >= 0.3 is 5.97 Å². The number of esters is 1. The maximum absolute atomic E-state index is 11.9. The maximum atomic E-state index is 11.9. The van der Waals surface area contributed by atoms with Crippen molar-refractivity contribution in [2.75, 3.05) is 40.4 Å². The molecule has 1 saturated heterocycles. The van der Waals surface area contributed by atoms with Gasteiger partial charge in [-0.25, -0.2) is 0 Å². The van der Waals surface area contributed by atoms with E-state index in [4.69, 9.17) is 9.47 Å². The van der Waals surface area contributed by atoms with Crippen molar-refractivity contribution >= 4 is 5.97 Å². The number of hydrogen-bond acceptors (Lipinski definition) is 5. The normalized spacial score (nSPS) is 27.1. The molecular weight excluding hydrogens is 256 g/mol. The Balaban J connectivity index is 2.53. The molecule has 20 heavy (non-hydrogen) atoms. The van der Waals surface area contributed by atoms with Gasteiger partial charge in [0.15, 0.2) is 0 Å². The summed E-state index contributed by atoms with van der Waals surface area (Å²) in [6, 6.07) is 0. The van der Waals surface area contributed by atoms with Gasteiger partial charge < -0.3 is 19.7 Å². The first-order valence-corrected chi connectivity index (χ1v) is 7.55. The Morgan fingerprint density at radius 2 is 2.15 bits per heavy atom. The van der Waals surface area contributed by atoms with Gasteiger partial charge in [-0.1, -0.05) is 13.8 Å². The summed E-state index contributed by atoms with van der Waals surface area (Å²) in [5.41, 5.74) is -0.602. The highest BCUT2D eigenvalue weighted by molar-refractivity contribution is 5.80. The van der Waals surface area contributed by atoms with Crippen molar-refractivity contribution in [3.8, 4) is 0 Å². The molecule has 0 spiro atoms. The van der Waals surface area contributed by atoms with E-state index in [1.54, 1.807) is 7.11 Å². The van der Waals surface area contributed by atoms with Crippen LogP contribution >= 0.6 is 0 Å². The minimum Gasteiger partial charge on any atom is -0.468 e. The summed E-state index contributed by atoms with van der Waals surface area (Å²) in [6.07, 6.45) is 2.19. The van der Waals surface area contributed by atoms with Crippen LogP contribution in [0.2, 0.25) is 0 Å². The minimum atomic E-state index is -0.602. The standard InChI is InChI=1S/C15H30N2O3/c1-6-16-15(3,14(18)20-5)8-10-17-9-7-12(2)13(11-17)19-4/h12-13,16H,6-11H2,1-5H3. The van der Waals surface area contributed by atoms with Gasteiger partial charge in [-0.2, -0.15) is 0 Å². The largest absolute Gasteiger partial charge is 0.468 e. The number of carbonyl (C=O) groups is 1. The third kappa shape index (κ3) is 4.43. The molecule has 1 rings (SSSR count). The van der Waals surface area contributed by atoms with E-state index in [0.29, 0.717) is 12.0 Å². The van der Waals surface area contributed by atoms with Crippen LogP contribution in [0.15, 0.2) is 0 Å². The monoisotopic (exact) mass is 286 g/mol. The SMILES string of the molecule is CCNC(C)(CCN1CCC(C)C(OC)C1)C(=O)OC. The molecule has 1 heterocycles. The Labute approximate surface area is 123 Å². The summed E-state index contributed by atoms with van der Waals surface area (Å²) in [6.45, 7) is 9.82. The third-order valence-corrected chi connectivity index (χ3v) is 4.41. The summed E-state index contributed by atoms with van der Waals surface area (Å²) in [7, 11) is 3.23. The van der Waals surface area contributed by atoms with Crippen LogP contribution in [0.1, 0.15) is 33.6 Å². The first-order chi connectivity index (χ1) is 9.46. The fraction of sp³-hybridized carbons (Fsp3) is 0.933. The molecule has 0 aliphatic carbocycles. The molecule has 0 amide bonds. The Kier molecular flexibility index (Phi) is 6.92. The molecule has 1 fully saturated rings. The summed E-state index contributed by atoms with van der Waals surface area (Å²) in [5, 5.41) is 3.25. The zero-order valence-corrected chi connectivity index (χ0v) is 13.6. The van der Waals surface area contributed by atoms with E-state index < -0.39 is 5.54 Å². The van der Waals surface area contributed by atoms with Crippen molar-refractivity contribution in [3.05, 3.63) is 0 Å². The van der Waals surface area contributed by atoms with Crippen molar-refractivity contribution in [3.63, 3.8) is 0 Å². The van der Waals surface area contributed by atoms with E-state index in [9.17, 15) is 4.79 Å². The lowest BCUT2D eigenvalue weighted by Crippen LogP contribution is -2.53. The predicted octanol–water partition coefficient (Wildman–Crippen LogP) is 1.27. The van der Waals surface area contributed by atoms with Gasteiger partial charge in [-0.05, 0) is 38.8 Å². The van der Waals surface area contributed by atoms with E-state index in [1.165, 1.54) is 7.11 Å². The lowest BCUT2D eigenvalue weighted by molar-refractivity contribution is -0.148. The molecule has 5 nitrogen and oxygen atoms in total. The molecule has 1 N–H and O–H groups in total. The van der Waals surface area contributed by atoms with Crippen molar-refractivity contribution in [1.29, 1.82) is 0 Å². The van der Waals surface area contributed by atoms with E-state index >= 15 is 0 Å². The summed E-state index contributed by atoms with van der Waals surface area (Å²) in [5.74, 6) is 0.421. The Bertz CT molecular complexity index is 311. The lowest BCUT2D eigenvalue weighted by atomic mass is 9.93. The molecule has 0 aromatic rings. The number of ether oxygens (including phenoxy) is 2. The van der Waals surface area contributed by atoms with Crippen LogP contribution in [-0.2, 0) is 14.3 Å². The van der Waals surface area contributed by atoms with Crippen LogP contribution in [0, 0.1) is 5.92 Å². The Hall–Kier alpha value is -0.650. The lowest BCUT2D eigenvalue weighted by Gasteiger charge is -2.38. The van der Waals surface area contributed by atoms with Crippen LogP contribution in [-0.4, -0.2) is 62.9 Å². The molecule has 3 unspecified atom stereocenters. The molecule has 3 atom stereocenters. The molecule has 0 saturated carbocycles. The number of methoxy groups -OCH3 is 2. The Morgan fingerprint density at radius 1 is 1.45 bits per heavy atom. The predicted molar refractivity (Wildman–Crippen MR) is 79.7 cm³/mol. The number of likely N-dealkylation sites (tertiary alicyclic amines) is 1. The quantitative estimate of drug-likeness (QED) is 0.714. The second kappa shape index (κ2) is 7.96. The number of nitrogens with one attached hydrogen (secondary N) is 1. The third-order valence-electron chi connectivity index (χ3n) is 4.41. The van der Waals surface area contributed by atoms with E-state index in [2.05, 4.69) is 17.1 Å². The summed E-state index contributed by atoms with van der Waals surface area (Å²) < 4.78 is 10.5. The topological polar surface area (TPSA) is 50.8 Å². The molecule has 1 aliphatic rings. The van der Waals surface area contributed by atoms with E-state index in [0.717, 1.165) is 39.0 Å². The molecular formula is C15H30N2O3. The molecule has 118 valence electrons. The minimum absolute atomic E-state index is 0.187. The van der Waals surface area contributed by atoms with Gasteiger partial charge in [0.2, 0.25) is 0 Å². The smallest absolute Gasteiger partial charge is 0.325 e. The summed E-state index contributed by atoms with van der Waals surface area (Å²) in [4.78, 5) is 14.3. The van der Waals surface area contributed by atoms with Crippen LogP contribution in [0.4, 0.5) is 0 Å². The summed E-state index contributed by atoms with van der Waals surface area (Å²) >= 11 is 0. The van der Waals surface area contributed by atoms with Crippen LogP contribution in [0.3, 0.4) is 0 Å². The molecule has 0 aromatic heterocycles. The number of rotatable bonds is 7. The van der Waals surface area contributed by atoms with Crippen molar-refractivity contribution in [2.45, 2.75) is 45.3 Å². The number of likely N-dealkylation sites (N-methyl/N-ethyl adjacent to an activating group) is 1. The molecule has 5 heteroatoms. The van der Waals surface area contributed by atoms with Crippen LogP contribution in [0.5, 0.6) is 0 Å². The van der Waals surface area contributed by atoms with Crippen molar-refractivity contribution in [2.24, 2.45) is 5.92 Å². The molecule has 0 bridgehead atoms. The molecule has 1 aliphatic heterocycles. The van der Waals surface area contributed by atoms with Gasteiger partial charge in [0.1, 0.15) is 5.54 Å². The highest BCUT2D eigenvalue weighted by atomic mass is 16.5. The highest BCUT2D eigenvalue weighted by Gasteiger charge is 2.34. The fourth-order valence-electron chi connectivity index (χ4n) is 2.87. The average molecular weight is 286 g/mol. The zero-order chi connectivity index (χ0) is 15.2. The highest BCUT2D eigenvalue weighted by Crippen LogP contribution is 2.21.